The van der Waals surface area contributed by atoms with Crippen LogP contribution in [-0.2, 0) is 0 Å². The molecule has 3 rings (SSSR count). The van der Waals surface area contributed by atoms with E-state index in [-0.39, 0.29) is 0 Å². The molecule has 0 aliphatic heterocycles. The highest BCUT2D eigenvalue weighted by atomic mass is 16.3. The summed E-state index contributed by atoms with van der Waals surface area (Å²) >= 11 is 0. The van der Waals surface area contributed by atoms with Gasteiger partial charge in [0.2, 0.25) is 5.89 Å². The first-order valence-electron chi connectivity index (χ1n) is 8.90. The zero-order valence-electron chi connectivity index (χ0n) is 15.7. The third-order valence-electron chi connectivity index (χ3n) is 4.58. The number of rotatable bonds is 5. The second-order valence-electron chi connectivity index (χ2n) is 6.37. The van der Waals surface area contributed by atoms with Gasteiger partial charge in [-0.1, -0.05) is 12.1 Å². The normalized spacial score (nSPS) is 11.6. The van der Waals surface area contributed by atoms with Gasteiger partial charge in [0.15, 0.2) is 5.58 Å². The predicted octanol–water partition coefficient (Wildman–Crippen LogP) is 5.36. The summed E-state index contributed by atoms with van der Waals surface area (Å²) in [6, 6.07) is 14.3. The van der Waals surface area contributed by atoms with Gasteiger partial charge in [0.1, 0.15) is 17.2 Å². The van der Waals surface area contributed by atoms with Crippen molar-refractivity contribution in [3.8, 4) is 6.07 Å². The van der Waals surface area contributed by atoms with Crippen LogP contribution in [0.1, 0.15) is 36.4 Å². The lowest BCUT2D eigenvalue weighted by atomic mass is 10.0. The highest BCUT2D eigenvalue weighted by Gasteiger charge is 2.12. The molecule has 0 bridgehead atoms. The Bertz CT molecular complexity index is 1000. The highest BCUT2D eigenvalue weighted by molar-refractivity contribution is 5.89. The summed E-state index contributed by atoms with van der Waals surface area (Å²) in [6.45, 7) is 10.3. The molecule has 4 nitrogen and oxygen atoms in total. The molecular formula is C22H23N3O. The van der Waals surface area contributed by atoms with E-state index in [1.807, 2.05) is 37.3 Å². The Balaban J connectivity index is 1.99. The maximum atomic E-state index is 9.60. The van der Waals surface area contributed by atoms with Crippen LogP contribution in [0.5, 0.6) is 0 Å². The van der Waals surface area contributed by atoms with Crippen molar-refractivity contribution in [2.24, 2.45) is 0 Å². The molecule has 0 saturated carbocycles. The Morgan fingerprint density at radius 2 is 1.92 bits per heavy atom. The van der Waals surface area contributed by atoms with Crippen LogP contribution in [0.4, 0.5) is 5.69 Å². The summed E-state index contributed by atoms with van der Waals surface area (Å²) in [4.78, 5) is 6.78. The highest BCUT2D eigenvalue weighted by Crippen LogP contribution is 2.26. The molecule has 0 aliphatic rings. The molecule has 1 aromatic heterocycles. The van der Waals surface area contributed by atoms with Crippen molar-refractivity contribution in [1.29, 1.82) is 5.26 Å². The van der Waals surface area contributed by atoms with E-state index in [9.17, 15) is 5.26 Å². The van der Waals surface area contributed by atoms with Gasteiger partial charge in [-0.3, -0.25) is 0 Å². The van der Waals surface area contributed by atoms with Gasteiger partial charge in [-0.25, -0.2) is 4.98 Å². The average molecular weight is 345 g/mol. The van der Waals surface area contributed by atoms with Crippen molar-refractivity contribution >= 4 is 28.4 Å². The van der Waals surface area contributed by atoms with Gasteiger partial charge in [0.05, 0.1) is 0 Å². The van der Waals surface area contributed by atoms with Gasteiger partial charge in [-0.2, -0.15) is 5.26 Å². The van der Waals surface area contributed by atoms with E-state index in [2.05, 4.69) is 48.9 Å². The second kappa shape index (κ2) is 7.45. The minimum absolute atomic E-state index is 0.361. The fraction of sp³-hybridized carbons (Fsp3) is 0.273. The van der Waals surface area contributed by atoms with E-state index in [0.717, 1.165) is 35.3 Å². The standard InChI is InChI=1S/C22H23N3O/c1-5-25(6-2)19-9-8-17(16(4)12-19)13-18(14-23)22-24-20-11-15(3)7-10-21(20)26-22/h7-13H,5-6H2,1-4H3/b18-13-. The third-order valence-corrected chi connectivity index (χ3v) is 4.58. The Kier molecular flexibility index (Phi) is 5.09. The first-order chi connectivity index (χ1) is 12.5. The van der Waals surface area contributed by atoms with Gasteiger partial charge < -0.3 is 9.32 Å². The first-order valence-corrected chi connectivity index (χ1v) is 8.90. The number of aryl methyl sites for hydroxylation is 2. The van der Waals surface area contributed by atoms with Gasteiger partial charge in [-0.05, 0) is 74.7 Å². The monoisotopic (exact) mass is 345 g/mol. The molecule has 2 aromatic carbocycles. The molecular weight excluding hydrogens is 322 g/mol. The summed E-state index contributed by atoms with van der Waals surface area (Å²) in [5, 5.41) is 9.60. The van der Waals surface area contributed by atoms with Crippen LogP contribution in [0, 0.1) is 25.2 Å². The smallest absolute Gasteiger partial charge is 0.238 e. The van der Waals surface area contributed by atoms with Gasteiger partial charge in [-0.15, -0.1) is 0 Å². The number of nitriles is 1. The molecule has 0 N–H and O–H groups in total. The Labute approximate surface area is 154 Å². The van der Waals surface area contributed by atoms with E-state index in [4.69, 9.17) is 4.42 Å². The summed E-state index contributed by atoms with van der Waals surface area (Å²) in [5.41, 5.74) is 6.32. The lowest BCUT2D eigenvalue weighted by Gasteiger charge is -2.21. The fourth-order valence-electron chi connectivity index (χ4n) is 3.06. The summed E-state index contributed by atoms with van der Waals surface area (Å²) in [6.07, 6.45) is 1.85. The van der Waals surface area contributed by atoms with Crippen LogP contribution in [0.2, 0.25) is 0 Å². The van der Waals surface area contributed by atoms with Crippen molar-refractivity contribution in [1.82, 2.24) is 4.98 Å². The Morgan fingerprint density at radius 1 is 1.15 bits per heavy atom. The Morgan fingerprint density at radius 3 is 2.58 bits per heavy atom. The van der Waals surface area contributed by atoms with Crippen LogP contribution in [-0.4, -0.2) is 18.1 Å². The molecule has 0 unspecified atom stereocenters. The van der Waals surface area contributed by atoms with Gasteiger partial charge in [0.25, 0.3) is 0 Å². The van der Waals surface area contributed by atoms with E-state index >= 15 is 0 Å². The fourth-order valence-corrected chi connectivity index (χ4v) is 3.06. The van der Waals surface area contributed by atoms with E-state index in [1.165, 1.54) is 5.69 Å². The van der Waals surface area contributed by atoms with E-state index in [1.54, 1.807) is 0 Å². The molecule has 0 spiro atoms. The van der Waals surface area contributed by atoms with Crippen molar-refractivity contribution in [3.05, 3.63) is 59.0 Å². The van der Waals surface area contributed by atoms with Gasteiger partial charge >= 0.3 is 0 Å². The lowest BCUT2D eigenvalue weighted by Crippen LogP contribution is -2.21. The molecule has 4 heteroatoms. The second-order valence-corrected chi connectivity index (χ2v) is 6.37. The topological polar surface area (TPSA) is 53.1 Å². The summed E-state index contributed by atoms with van der Waals surface area (Å²) in [5.74, 6) is 0.361. The molecule has 0 aliphatic carbocycles. The largest absolute Gasteiger partial charge is 0.435 e. The molecule has 0 radical (unpaired) electrons. The van der Waals surface area contributed by atoms with E-state index in [0.29, 0.717) is 17.0 Å². The lowest BCUT2D eigenvalue weighted by molar-refractivity contribution is 0.586. The number of oxazole rings is 1. The van der Waals surface area contributed by atoms with Crippen molar-refractivity contribution < 1.29 is 4.42 Å². The van der Waals surface area contributed by atoms with Crippen molar-refractivity contribution in [3.63, 3.8) is 0 Å². The zero-order valence-corrected chi connectivity index (χ0v) is 15.7. The molecule has 0 atom stereocenters. The Hall–Kier alpha value is -3.06. The quantitative estimate of drug-likeness (QED) is 0.585. The number of fused-ring (bicyclic) bond motifs is 1. The molecule has 1 heterocycles. The van der Waals surface area contributed by atoms with Crippen LogP contribution in [0.25, 0.3) is 22.7 Å². The average Bonchev–Trinajstić information content (AvgIpc) is 3.05. The van der Waals surface area contributed by atoms with Crippen LogP contribution < -0.4 is 4.90 Å². The maximum Gasteiger partial charge on any atom is 0.238 e. The summed E-state index contributed by atoms with van der Waals surface area (Å²) < 4.78 is 5.77. The van der Waals surface area contributed by atoms with Crippen LogP contribution in [0.3, 0.4) is 0 Å². The van der Waals surface area contributed by atoms with Gasteiger partial charge in [0, 0.05) is 18.8 Å². The molecule has 0 fully saturated rings. The first kappa shape index (κ1) is 17.8. The molecule has 0 amide bonds. The number of benzene rings is 2. The number of allylic oxidation sites excluding steroid dienone is 1. The van der Waals surface area contributed by atoms with Crippen LogP contribution in [0.15, 0.2) is 40.8 Å². The number of anilines is 1. The number of nitrogens with zero attached hydrogens (tertiary/aromatic N) is 3. The summed E-state index contributed by atoms with van der Waals surface area (Å²) in [7, 11) is 0. The number of aromatic nitrogens is 1. The minimum Gasteiger partial charge on any atom is -0.435 e. The maximum absolute atomic E-state index is 9.60. The van der Waals surface area contributed by atoms with Crippen LogP contribution >= 0.6 is 0 Å². The predicted molar refractivity (Wildman–Crippen MR) is 107 cm³/mol. The zero-order chi connectivity index (χ0) is 18.7. The molecule has 132 valence electrons. The molecule has 0 saturated heterocycles. The number of hydrogen-bond donors (Lipinski definition) is 0. The SMILES string of the molecule is CCN(CC)c1ccc(/C=C(/C#N)c2nc3cc(C)ccc3o2)c(C)c1. The van der Waals surface area contributed by atoms with E-state index < -0.39 is 0 Å². The third kappa shape index (κ3) is 3.48. The van der Waals surface area contributed by atoms with Crippen molar-refractivity contribution in [2.45, 2.75) is 27.7 Å². The molecule has 26 heavy (non-hydrogen) atoms. The molecule has 3 aromatic rings. The van der Waals surface area contributed by atoms with Crippen molar-refractivity contribution in [2.75, 3.05) is 18.0 Å². The number of hydrogen-bond acceptors (Lipinski definition) is 4. The minimum atomic E-state index is 0.361.